The Morgan fingerprint density at radius 3 is 2.85 bits per heavy atom. The molecule has 0 aromatic carbocycles. The van der Waals surface area contributed by atoms with Crippen LogP contribution in [0.5, 0.6) is 0 Å². The van der Waals surface area contributed by atoms with Gasteiger partial charge in [-0.05, 0) is 20.3 Å². The Bertz CT molecular complexity index is 175. The van der Waals surface area contributed by atoms with Gasteiger partial charge in [0.2, 0.25) is 0 Å². The molecule has 0 amide bonds. The third-order valence-electron chi connectivity index (χ3n) is 2.77. The lowest BCUT2D eigenvalue weighted by atomic mass is 9.97. The fourth-order valence-electron chi connectivity index (χ4n) is 2.00. The zero-order chi connectivity index (χ0) is 9.90. The van der Waals surface area contributed by atoms with Gasteiger partial charge in [-0.3, -0.25) is 4.90 Å². The zero-order valence-electron chi connectivity index (χ0n) is 9.14. The van der Waals surface area contributed by atoms with Crippen molar-refractivity contribution in [3.8, 4) is 0 Å². The van der Waals surface area contributed by atoms with E-state index in [2.05, 4.69) is 37.6 Å². The van der Waals surface area contributed by atoms with Gasteiger partial charge in [-0.25, -0.2) is 0 Å². The molecule has 1 rings (SSSR count). The van der Waals surface area contributed by atoms with Crippen LogP contribution in [0.15, 0.2) is 12.7 Å². The summed E-state index contributed by atoms with van der Waals surface area (Å²) >= 11 is 0. The third-order valence-corrected chi connectivity index (χ3v) is 2.77. The first-order valence-electron chi connectivity index (χ1n) is 5.19. The van der Waals surface area contributed by atoms with Crippen molar-refractivity contribution in [2.45, 2.75) is 38.8 Å². The number of hydrogen-bond donors (Lipinski definition) is 1. The average molecular weight is 182 g/mol. The largest absolute Gasteiger partial charge is 0.309 e. The molecule has 76 valence electrons. The van der Waals surface area contributed by atoms with Crippen molar-refractivity contribution < 1.29 is 0 Å². The lowest BCUT2D eigenvalue weighted by Crippen LogP contribution is -2.61. The summed E-state index contributed by atoms with van der Waals surface area (Å²) in [4.78, 5) is 2.52. The lowest BCUT2D eigenvalue weighted by Gasteiger charge is -2.44. The standard InChI is InChI=1S/C11H22N2/c1-5-7-13-9-11(3,4)12-8-10(13)6-2/h5,10,12H,1,6-9H2,2-4H3. The van der Waals surface area contributed by atoms with Gasteiger partial charge in [-0.15, -0.1) is 6.58 Å². The van der Waals surface area contributed by atoms with E-state index in [-0.39, 0.29) is 5.54 Å². The molecular formula is C11H22N2. The second-order valence-corrected chi connectivity index (χ2v) is 4.54. The predicted octanol–water partition coefficient (Wildman–Crippen LogP) is 1.63. The molecule has 1 heterocycles. The quantitative estimate of drug-likeness (QED) is 0.667. The van der Waals surface area contributed by atoms with E-state index in [1.54, 1.807) is 0 Å². The van der Waals surface area contributed by atoms with Crippen molar-refractivity contribution in [2.75, 3.05) is 19.6 Å². The molecule has 0 aromatic rings. The van der Waals surface area contributed by atoms with E-state index in [9.17, 15) is 0 Å². The van der Waals surface area contributed by atoms with Gasteiger partial charge < -0.3 is 5.32 Å². The Kier molecular flexibility index (Phi) is 3.51. The van der Waals surface area contributed by atoms with E-state index in [0.717, 1.165) is 19.6 Å². The van der Waals surface area contributed by atoms with Gasteiger partial charge in [0.05, 0.1) is 0 Å². The van der Waals surface area contributed by atoms with Crippen LogP contribution in [0, 0.1) is 0 Å². The molecule has 0 spiro atoms. The molecule has 0 radical (unpaired) electrons. The summed E-state index contributed by atoms with van der Waals surface area (Å²) in [6, 6.07) is 0.686. The van der Waals surface area contributed by atoms with Gasteiger partial charge in [-0.1, -0.05) is 13.0 Å². The summed E-state index contributed by atoms with van der Waals surface area (Å²) in [7, 11) is 0. The van der Waals surface area contributed by atoms with Gasteiger partial charge in [0.15, 0.2) is 0 Å². The van der Waals surface area contributed by atoms with Crippen LogP contribution >= 0.6 is 0 Å². The Morgan fingerprint density at radius 2 is 2.31 bits per heavy atom. The van der Waals surface area contributed by atoms with Crippen molar-refractivity contribution in [2.24, 2.45) is 0 Å². The van der Waals surface area contributed by atoms with Crippen LogP contribution in [0.2, 0.25) is 0 Å². The normalized spacial score (nSPS) is 28.7. The first-order chi connectivity index (χ1) is 6.09. The van der Waals surface area contributed by atoms with E-state index in [4.69, 9.17) is 0 Å². The molecule has 0 aliphatic carbocycles. The first-order valence-corrected chi connectivity index (χ1v) is 5.19. The van der Waals surface area contributed by atoms with Gasteiger partial charge in [0.25, 0.3) is 0 Å². The maximum atomic E-state index is 3.81. The number of rotatable bonds is 3. The highest BCUT2D eigenvalue weighted by Gasteiger charge is 2.30. The van der Waals surface area contributed by atoms with Crippen LogP contribution in [0.25, 0.3) is 0 Å². The zero-order valence-corrected chi connectivity index (χ0v) is 9.14. The Balaban J connectivity index is 2.57. The highest BCUT2D eigenvalue weighted by molar-refractivity contribution is 4.93. The molecule has 2 heteroatoms. The molecule has 0 bridgehead atoms. The molecule has 2 nitrogen and oxygen atoms in total. The van der Waals surface area contributed by atoms with Gasteiger partial charge in [0.1, 0.15) is 0 Å². The van der Waals surface area contributed by atoms with E-state index in [1.807, 2.05) is 6.08 Å². The van der Waals surface area contributed by atoms with Crippen LogP contribution in [0.1, 0.15) is 27.2 Å². The Hall–Kier alpha value is -0.340. The molecule has 0 saturated carbocycles. The summed E-state index contributed by atoms with van der Waals surface area (Å²) in [5, 5.41) is 3.57. The van der Waals surface area contributed by atoms with Crippen molar-refractivity contribution in [1.29, 1.82) is 0 Å². The fraction of sp³-hybridized carbons (Fsp3) is 0.818. The summed E-state index contributed by atoms with van der Waals surface area (Å²) < 4.78 is 0. The minimum atomic E-state index is 0.259. The van der Waals surface area contributed by atoms with Crippen molar-refractivity contribution in [3.63, 3.8) is 0 Å². The molecule has 1 unspecified atom stereocenters. The summed E-state index contributed by atoms with van der Waals surface area (Å²) in [5.74, 6) is 0. The molecule has 1 fully saturated rings. The molecule has 1 atom stereocenters. The van der Waals surface area contributed by atoms with Crippen molar-refractivity contribution >= 4 is 0 Å². The lowest BCUT2D eigenvalue weighted by molar-refractivity contribution is 0.105. The molecule has 1 saturated heterocycles. The first kappa shape index (κ1) is 10.7. The van der Waals surface area contributed by atoms with E-state index in [1.165, 1.54) is 6.42 Å². The maximum absolute atomic E-state index is 3.81. The molecule has 1 aliphatic heterocycles. The highest BCUT2D eigenvalue weighted by Crippen LogP contribution is 2.16. The van der Waals surface area contributed by atoms with E-state index < -0.39 is 0 Å². The molecule has 1 N–H and O–H groups in total. The Morgan fingerprint density at radius 1 is 1.62 bits per heavy atom. The smallest absolute Gasteiger partial charge is 0.0253 e. The topological polar surface area (TPSA) is 15.3 Å². The van der Waals surface area contributed by atoms with Crippen molar-refractivity contribution in [1.82, 2.24) is 10.2 Å². The summed E-state index contributed by atoms with van der Waals surface area (Å²) in [5.41, 5.74) is 0.259. The average Bonchev–Trinajstić information content (AvgIpc) is 2.04. The second kappa shape index (κ2) is 4.25. The van der Waals surface area contributed by atoms with Crippen LogP contribution in [-0.4, -0.2) is 36.1 Å². The van der Waals surface area contributed by atoms with Crippen LogP contribution < -0.4 is 5.32 Å². The Labute approximate surface area is 82.0 Å². The predicted molar refractivity (Wildman–Crippen MR) is 57.9 cm³/mol. The molecule has 13 heavy (non-hydrogen) atoms. The number of nitrogens with zero attached hydrogens (tertiary/aromatic N) is 1. The second-order valence-electron chi connectivity index (χ2n) is 4.54. The number of hydrogen-bond acceptors (Lipinski definition) is 2. The number of nitrogens with one attached hydrogen (secondary N) is 1. The van der Waals surface area contributed by atoms with Crippen molar-refractivity contribution in [3.05, 3.63) is 12.7 Å². The van der Waals surface area contributed by atoms with Gasteiger partial charge in [0, 0.05) is 31.2 Å². The van der Waals surface area contributed by atoms with Gasteiger partial charge in [-0.2, -0.15) is 0 Å². The number of piperazine rings is 1. The summed E-state index contributed by atoms with van der Waals surface area (Å²) in [6.45, 7) is 13.8. The monoisotopic (exact) mass is 182 g/mol. The van der Waals surface area contributed by atoms with Gasteiger partial charge >= 0.3 is 0 Å². The SMILES string of the molecule is C=CCN1CC(C)(C)NCC1CC. The van der Waals surface area contributed by atoms with E-state index in [0.29, 0.717) is 6.04 Å². The van der Waals surface area contributed by atoms with E-state index >= 15 is 0 Å². The third kappa shape index (κ3) is 2.82. The van der Waals surface area contributed by atoms with Crippen LogP contribution in [0.4, 0.5) is 0 Å². The minimum Gasteiger partial charge on any atom is -0.309 e. The highest BCUT2D eigenvalue weighted by atomic mass is 15.2. The summed E-state index contributed by atoms with van der Waals surface area (Å²) in [6.07, 6.45) is 3.22. The minimum absolute atomic E-state index is 0.259. The van der Waals surface area contributed by atoms with Crippen LogP contribution in [-0.2, 0) is 0 Å². The molecular weight excluding hydrogens is 160 g/mol. The fourth-order valence-corrected chi connectivity index (χ4v) is 2.00. The molecule has 1 aliphatic rings. The maximum Gasteiger partial charge on any atom is 0.0253 e. The molecule has 0 aromatic heterocycles. The van der Waals surface area contributed by atoms with Crippen LogP contribution in [0.3, 0.4) is 0 Å².